The second-order valence-corrected chi connectivity index (χ2v) is 6.72. The molecule has 0 radical (unpaired) electrons. The summed E-state index contributed by atoms with van der Waals surface area (Å²) in [6.45, 7) is 4.65. The first-order valence-corrected chi connectivity index (χ1v) is 8.97. The smallest absolute Gasteiger partial charge is 0.264 e. The lowest BCUT2D eigenvalue weighted by molar-refractivity contribution is 0.0973. The molecule has 3 rings (SSSR count). The van der Waals surface area contributed by atoms with Gasteiger partial charge in [-0.15, -0.1) is 0 Å². The summed E-state index contributed by atoms with van der Waals surface area (Å²) in [5, 5.41) is 10.7. The number of hydrogen-bond donors (Lipinski definition) is 1. The second kappa shape index (κ2) is 8.93. The van der Waals surface area contributed by atoms with Crippen LogP contribution in [0.25, 0.3) is 11.4 Å². The second-order valence-electron chi connectivity index (χ2n) is 6.72. The normalized spacial score (nSPS) is 10.6. The Kier molecular flexibility index (Phi) is 6.14. The third-order valence-corrected chi connectivity index (χ3v) is 4.40. The van der Waals surface area contributed by atoms with Crippen molar-refractivity contribution in [2.24, 2.45) is 0 Å². The third kappa shape index (κ3) is 5.02. The summed E-state index contributed by atoms with van der Waals surface area (Å²) in [6.07, 6.45) is 6.84. The lowest BCUT2D eigenvalue weighted by Crippen LogP contribution is -2.22. The minimum atomic E-state index is -0.455. The standard InChI is InChI=1S/C21H22N6O/c1-16-3-5-17(6-4-16)12-26(2)9-10-27-13-20(25-15-27)19-11-18(7-8-23-19)21(28)24-14-22/h3-8,11,13,15H,9-10,12H2,1-2H3,(H,24,28). The van der Waals surface area contributed by atoms with Gasteiger partial charge in [-0.25, -0.2) is 4.98 Å². The van der Waals surface area contributed by atoms with Gasteiger partial charge >= 0.3 is 0 Å². The van der Waals surface area contributed by atoms with Gasteiger partial charge in [0, 0.05) is 37.6 Å². The molecule has 0 saturated heterocycles. The number of nitrogens with one attached hydrogen (secondary N) is 1. The van der Waals surface area contributed by atoms with Crippen LogP contribution in [0.1, 0.15) is 21.5 Å². The molecule has 28 heavy (non-hydrogen) atoms. The molecule has 2 heterocycles. The van der Waals surface area contributed by atoms with Crippen LogP contribution in [0.5, 0.6) is 0 Å². The Balaban J connectivity index is 1.60. The zero-order valence-corrected chi connectivity index (χ0v) is 16.0. The number of imidazole rings is 1. The molecule has 2 aromatic heterocycles. The fourth-order valence-corrected chi connectivity index (χ4v) is 2.82. The van der Waals surface area contributed by atoms with Crippen LogP contribution < -0.4 is 5.32 Å². The molecule has 3 aromatic rings. The maximum atomic E-state index is 11.8. The Morgan fingerprint density at radius 1 is 1.21 bits per heavy atom. The van der Waals surface area contributed by atoms with Crippen molar-refractivity contribution >= 4 is 5.91 Å². The maximum Gasteiger partial charge on any atom is 0.264 e. The third-order valence-electron chi connectivity index (χ3n) is 4.40. The van der Waals surface area contributed by atoms with Crippen molar-refractivity contribution in [1.29, 1.82) is 5.26 Å². The highest BCUT2D eigenvalue weighted by molar-refractivity contribution is 5.95. The van der Waals surface area contributed by atoms with Crippen LogP contribution in [0.15, 0.2) is 55.1 Å². The molecule has 1 aromatic carbocycles. The average Bonchev–Trinajstić information content (AvgIpc) is 3.18. The fourth-order valence-electron chi connectivity index (χ4n) is 2.82. The van der Waals surface area contributed by atoms with Gasteiger partial charge in [0.2, 0.25) is 0 Å². The van der Waals surface area contributed by atoms with Crippen molar-refractivity contribution in [3.63, 3.8) is 0 Å². The van der Waals surface area contributed by atoms with E-state index in [1.54, 1.807) is 24.7 Å². The van der Waals surface area contributed by atoms with Crippen molar-refractivity contribution in [2.75, 3.05) is 13.6 Å². The van der Waals surface area contributed by atoms with Gasteiger partial charge in [0.15, 0.2) is 6.19 Å². The molecule has 0 saturated carbocycles. The number of pyridine rings is 1. The van der Waals surface area contributed by atoms with E-state index in [1.165, 1.54) is 17.3 Å². The lowest BCUT2D eigenvalue weighted by Gasteiger charge is -2.17. The SMILES string of the molecule is Cc1ccc(CN(C)CCn2cnc(-c3cc(C(=O)NC#N)ccn3)c2)cc1. The van der Waals surface area contributed by atoms with Crippen molar-refractivity contribution in [2.45, 2.75) is 20.0 Å². The van der Waals surface area contributed by atoms with E-state index < -0.39 is 5.91 Å². The van der Waals surface area contributed by atoms with Gasteiger partial charge in [-0.05, 0) is 31.7 Å². The van der Waals surface area contributed by atoms with Crippen LogP contribution in [-0.2, 0) is 13.1 Å². The molecule has 7 heteroatoms. The largest absolute Gasteiger partial charge is 0.335 e. The number of nitrogens with zero attached hydrogens (tertiary/aromatic N) is 5. The highest BCUT2D eigenvalue weighted by atomic mass is 16.1. The molecule has 0 fully saturated rings. The van der Waals surface area contributed by atoms with E-state index in [2.05, 4.69) is 58.4 Å². The van der Waals surface area contributed by atoms with E-state index in [1.807, 2.05) is 10.8 Å². The number of amides is 1. The van der Waals surface area contributed by atoms with Crippen LogP contribution in [0, 0.1) is 18.4 Å². The minimum absolute atomic E-state index is 0.374. The first-order valence-electron chi connectivity index (χ1n) is 8.97. The summed E-state index contributed by atoms with van der Waals surface area (Å²) in [5.41, 5.74) is 4.21. The molecule has 0 unspecified atom stereocenters. The Morgan fingerprint density at radius 2 is 2.00 bits per heavy atom. The summed E-state index contributed by atoms with van der Waals surface area (Å²) in [5.74, 6) is -0.455. The molecular weight excluding hydrogens is 352 g/mol. The summed E-state index contributed by atoms with van der Waals surface area (Å²) in [6, 6.07) is 11.8. The quantitative estimate of drug-likeness (QED) is 0.507. The monoisotopic (exact) mass is 374 g/mol. The number of carbonyl (C=O) groups excluding carboxylic acids is 1. The molecule has 0 aliphatic carbocycles. The molecule has 142 valence electrons. The van der Waals surface area contributed by atoms with Crippen LogP contribution in [0.2, 0.25) is 0 Å². The van der Waals surface area contributed by atoms with Gasteiger partial charge in [-0.1, -0.05) is 29.8 Å². The molecule has 7 nitrogen and oxygen atoms in total. The molecule has 0 aliphatic heterocycles. The zero-order valence-electron chi connectivity index (χ0n) is 16.0. The highest BCUT2D eigenvalue weighted by Gasteiger charge is 2.10. The number of rotatable bonds is 7. The number of aromatic nitrogens is 3. The molecule has 0 bridgehead atoms. The first kappa shape index (κ1) is 19.3. The molecule has 0 spiro atoms. The molecular formula is C21H22N6O. The van der Waals surface area contributed by atoms with E-state index in [9.17, 15) is 4.79 Å². The minimum Gasteiger partial charge on any atom is -0.335 e. The van der Waals surface area contributed by atoms with Crippen molar-refractivity contribution in [3.8, 4) is 17.6 Å². The van der Waals surface area contributed by atoms with Crippen molar-refractivity contribution in [3.05, 3.63) is 71.8 Å². The number of benzene rings is 1. The predicted octanol–water partition coefficient (Wildman–Crippen LogP) is 2.60. The number of nitriles is 1. The van der Waals surface area contributed by atoms with E-state index in [4.69, 9.17) is 5.26 Å². The maximum absolute atomic E-state index is 11.8. The van der Waals surface area contributed by atoms with Crippen LogP contribution in [0.3, 0.4) is 0 Å². The number of aryl methyl sites for hydroxylation is 1. The number of likely N-dealkylation sites (N-methyl/N-ethyl adjacent to an activating group) is 1. The van der Waals surface area contributed by atoms with Crippen LogP contribution in [0.4, 0.5) is 0 Å². The van der Waals surface area contributed by atoms with Gasteiger partial charge in [0.1, 0.15) is 5.69 Å². The van der Waals surface area contributed by atoms with Gasteiger partial charge in [0.25, 0.3) is 5.91 Å². The Morgan fingerprint density at radius 3 is 2.75 bits per heavy atom. The van der Waals surface area contributed by atoms with E-state index in [-0.39, 0.29) is 0 Å². The van der Waals surface area contributed by atoms with E-state index >= 15 is 0 Å². The molecule has 1 N–H and O–H groups in total. The Labute approximate surface area is 164 Å². The molecule has 0 aliphatic rings. The fraction of sp³-hybridized carbons (Fsp3) is 0.238. The predicted molar refractivity (Wildman–Crippen MR) is 106 cm³/mol. The Bertz CT molecular complexity index is 987. The Hall–Kier alpha value is -3.50. The number of carbonyl (C=O) groups is 1. The summed E-state index contributed by atoms with van der Waals surface area (Å²) in [4.78, 5) is 22.7. The molecule has 0 atom stereocenters. The van der Waals surface area contributed by atoms with Gasteiger partial charge in [-0.2, -0.15) is 5.26 Å². The number of hydrogen-bond acceptors (Lipinski definition) is 5. The van der Waals surface area contributed by atoms with Gasteiger partial charge in [0.05, 0.1) is 12.0 Å². The topological polar surface area (TPSA) is 86.8 Å². The summed E-state index contributed by atoms with van der Waals surface area (Å²) >= 11 is 0. The van der Waals surface area contributed by atoms with Crippen molar-refractivity contribution < 1.29 is 4.79 Å². The summed E-state index contributed by atoms with van der Waals surface area (Å²) in [7, 11) is 2.09. The zero-order chi connectivity index (χ0) is 19.9. The lowest BCUT2D eigenvalue weighted by atomic mass is 10.1. The first-order chi connectivity index (χ1) is 13.5. The van der Waals surface area contributed by atoms with Crippen LogP contribution >= 0.6 is 0 Å². The molecule has 1 amide bonds. The van der Waals surface area contributed by atoms with Crippen LogP contribution in [-0.4, -0.2) is 38.9 Å². The van der Waals surface area contributed by atoms with E-state index in [0.29, 0.717) is 17.0 Å². The highest BCUT2D eigenvalue weighted by Crippen LogP contribution is 2.16. The van der Waals surface area contributed by atoms with E-state index in [0.717, 1.165) is 19.6 Å². The van der Waals surface area contributed by atoms with Gasteiger partial charge < -0.3 is 9.47 Å². The van der Waals surface area contributed by atoms with Gasteiger partial charge in [-0.3, -0.25) is 15.1 Å². The average molecular weight is 374 g/mol. The summed E-state index contributed by atoms with van der Waals surface area (Å²) < 4.78 is 2.00. The van der Waals surface area contributed by atoms with Crippen molar-refractivity contribution in [1.82, 2.24) is 24.8 Å².